The Bertz CT molecular complexity index is 684. The number of halogens is 2. The van der Waals surface area contributed by atoms with Crippen molar-refractivity contribution in [2.75, 3.05) is 45.1 Å². The van der Waals surface area contributed by atoms with E-state index in [-0.39, 0.29) is 10.9 Å². The van der Waals surface area contributed by atoms with E-state index in [0.29, 0.717) is 18.3 Å². The predicted octanol–water partition coefficient (Wildman–Crippen LogP) is 2.56. The van der Waals surface area contributed by atoms with Crippen molar-refractivity contribution in [1.82, 2.24) is 14.8 Å². The van der Waals surface area contributed by atoms with Gasteiger partial charge in [-0.25, -0.2) is 8.78 Å². The maximum Gasteiger partial charge on any atom is 0.149 e. The third kappa shape index (κ3) is 3.43. The van der Waals surface area contributed by atoms with E-state index in [9.17, 15) is 8.78 Å². The molecule has 0 unspecified atom stereocenters. The summed E-state index contributed by atoms with van der Waals surface area (Å²) in [6, 6.07) is 4.28. The van der Waals surface area contributed by atoms with Gasteiger partial charge in [-0.05, 0) is 32.2 Å². The van der Waals surface area contributed by atoms with Crippen molar-refractivity contribution in [2.45, 2.75) is 13.0 Å². The van der Waals surface area contributed by atoms with Crippen LogP contribution in [0.5, 0.6) is 0 Å². The number of rotatable bonds is 4. The molecule has 2 heterocycles. The van der Waals surface area contributed by atoms with Gasteiger partial charge >= 0.3 is 0 Å². The largest absolute Gasteiger partial charge is 0.383 e. The highest BCUT2D eigenvalue weighted by Gasteiger charge is 2.19. The zero-order valence-electron chi connectivity index (χ0n) is 13.5. The Morgan fingerprint density at radius 3 is 2.57 bits per heavy atom. The van der Waals surface area contributed by atoms with Crippen LogP contribution >= 0.6 is 0 Å². The SMILES string of the molecule is C[C@@H](CNc1ccnc2c(F)ccc(F)c12)N1CCN(C)CC1. The van der Waals surface area contributed by atoms with Gasteiger partial charge in [-0.3, -0.25) is 9.88 Å². The number of piperazine rings is 1. The molecule has 1 N–H and O–H groups in total. The molecular formula is C17H22F2N4. The summed E-state index contributed by atoms with van der Waals surface area (Å²) in [4.78, 5) is 8.68. The van der Waals surface area contributed by atoms with E-state index in [1.807, 2.05) is 0 Å². The van der Waals surface area contributed by atoms with Crippen LogP contribution in [0.25, 0.3) is 10.9 Å². The summed E-state index contributed by atoms with van der Waals surface area (Å²) in [7, 11) is 2.13. The van der Waals surface area contributed by atoms with Gasteiger partial charge < -0.3 is 10.2 Å². The maximum absolute atomic E-state index is 14.1. The van der Waals surface area contributed by atoms with Gasteiger partial charge in [0.15, 0.2) is 0 Å². The molecule has 1 aromatic heterocycles. The monoisotopic (exact) mass is 320 g/mol. The molecule has 23 heavy (non-hydrogen) atoms. The van der Waals surface area contributed by atoms with Crippen LogP contribution in [0.15, 0.2) is 24.4 Å². The molecule has 1 aromatic carbocycles. The Morgan fingerprint density at radius 2 is 1.83 bits per heavy atom. The fourth-order valence-corrected chi connectivity index (χ4v) is 2.99. The number of anilines is 1. The molecule has 1 fully saturated rings. The number of hydrogen-bond acceptors (Lipinski definition) is 4. The lowest BCUT2D eigenvalue weighted by atomic mass is 10.1. The van der Waals surface area contributed by atoms with Crippen LogP contribution in [-0.4, -0.2) is 60.6 Å². The van der Waals surface area contributed by atoms with Crippen molar-refractivity contribution in [3.63, 3.8) is 0 Å². The average molecular weight is 320 g/mol. The van der Waals surface area contributed by atoms with Crippen LogP contribution in [0.4, 0.5) is 14.5 Å². The Morgan fingerprint density at radius 1 is 1.13 bits per heavy atom. The van der Waals surface area contributed by atoms with E-state index >= 15 is 0 Å². The number of aromatic nitrogens is 1. The summed E-state index contributed by atoms with van der Waals surface area (Å²) >= 11 is 0. The molecule has 0 spiro atoms. The number of nitrogens with one attached hydrogen (secondary N) is 1. The minimum Gasteiger partial charge on any atom is -0.383 e. The normalized spacial score (nSPS) is 18.3. The van der Waals surface area contributed by atoms with Gasteiger partial charge in [-0.2, -0.15) is 0 Å². The highest BCUT2D eigenvalue weighted by atomic mass is 19.1. The molecule has 6 heteroatoms. The Labute approximate surface area is 135 Å². The number of likely N-dealkylation sites (N-methyl/N-ethyl adjacent to an activating group) is 1. The Balaban J connectivity index is 1.73. The first-order chi connectivity index (χ1) is 11.1. The lowest BCUT2D eigenvalue weighted by molar-refractivity contribution is 0.123. The summed E-state index contributed by atoms with van der Waals surface area (Å²) in [5, 5.41) is 3.48. The van der Waals surface area contributed by atoms with Crippen molar-refractivity contribution in [3.8, 4) is 0 Å². The number of hydrogen-bond donors (Lipinski definition) is 1. The highest BCUT2D eigenvalue weighted by molar-refractivity contribution is 5.91. The van der Waals surface area contributed by atoms with Crippen molar-refractivity contribution in [3.05, 3.63) is 36.0 Å². The van der Waals surface area contributed by atoms with Gasteiger partial charge in [0, 0.05) is 50.6 Å². The number of fused-ring (bicyclic) bond motifs is 1. The first kappa shape index (κ1) is 16.1. The minimum atomic E-state index is -0.503. The van der Waals surface area contributed by atoms with Crippen molar-refractivity contribution < 1.29 is 8.78 Å². The summed E-state index contributed by atoms with van der Waals surface area (Å²) < 4.78 is 27.9. The second kappa shape index (κ2) is 6.76. The molecule has 2 aromatic rings. The molecule has 1 atom stereocenters. The van der Waals surface area contributed by atoms with E-state index < -0.39 is 11.6 Å². The van der Waals surface area contributed by atoms with Gasteiger partial charge in [0.05, 0.1) is 5.39 Å². The molecule has 0 aliphatic carbocycles. The van der Waals surface area contributed by atoms with Crippen molar-refractivity contribution in [2.24, 2.45) is 0 Å². The summed E-state index contributed by atoms with van der Waals surface area (Å²) in [6.07, 6.45) is 1.51. The molecular weight excluding hydrogens is 298 g/mol. The maximum atomic E-state index is 14.1. The van der Waals surface area contributed by atoms with Gasteiger partial charge in [-0.15, -0.1) is 0 Å². The molecule has 1 saturated heterocycles. The lowest BCUT2D eigenvalue weighted by Crippen LogP contribution is -2.49. The van der Waals surface area contributed by atoms with Gasteiger partial charge in [0.25, 0.3) is 0 Å². The molecule has 124 valence electrons. The average Bonchev–Trinajstić information content (AvgIpc) is 2.56. The second-order valence-electron chi connectivity index (χ2n) is 6.18. The first-order valence-electron chi connectivity index (χ1n) is 7.95. The lowest BCUT2D eigenvalue weighted by Gasteiger charge is -2.36. The third-order valence-corrected chi connectivity index (χ3v) is 4.54. The topological polar surface area (TPSA) is 31.4 Å². The molecule has 0 amide bonds. The molecule has 0 bridgehead atoms. The van der Waals surface area contributed by atoms with Crippen molar-refractivity contribution in [1.29, 1.82) is 0 Å². The molecule has 1 aliphatic heterocycles. The van der Waals surface area contributed by atoms with Crippen LogP contribution in [-0.2, 0) is 0 Å². The third-order valence-electron chi connectivity index (χ3n) is 4.54. The highest BCUT2D eigenvalue weighted by Crippen LogP contribution is 2.26. The summed E-state index contributed by atoms with van der Waals surface area (Å²) in [5.41, 5.74) is 0.662. The molecule has 4 nitrogen and oxygen atoms in total. The van der Waals surface area contributed by atoms with Crippen molar-refractivity contribution >= 4 is 16.6 Å². The van der Waals surface area contributed by atoms with Crippen LogP contribution < -0.4 is 5.32 Å². The molecule has 3 rings (SSSR count). The zero-order valence-corrected chi connectivity index (χ0v) is 13.5. The molecule has 0 saturated carbocycles. The standard InChI is InChI=1S/C17H22F2N4/c1-12(23-9-7-22(2)8-10-23)11-21-15-5-6-20-17-14(19)4-3-13(18)16(15)17/h3-6,12H,7-11H2,1-2H3,(H,20,21)/t12-/m0/s1. The van der Waals surface area contributed by atoms with Gasteiger partial charge in [0.1, 0.15) is 17.2 Å². The molecule has 0 radical (unpaired) electrons. The van der Waals surface area contributed by atoms with Crippen LogP contribution in [0.3, 0.4) is 0 Å². The van der Waals surface area contributed by atoms with E-state index in [4.69, 9.17) is 0 Å². The number of pyridine rings is 1. The van der Waals surface area contributed by atoms with Crippen LogP contribution in [0, 0.1) is 11.6 Å². The van der Waals surface area contributed by atoms with E-state index in [1.165, 1.54) is 6.20 Å². The quantitative estimate of drug-likeness (QED) is 0.938. The van der Waals surface area contributed by atoms with E-state index in [2.05, 4.69) is 34.1 Å². The van der Waals surface area contributed by atoms with Crippen LogP contribution in [0.1, 0.15) is 6.92 Å². The summed E-state index contributed by atoms with van der Waals surface area (Å²) in [5.74, 6) is -0.957. The minimum absolute atomic E-state index is 0.0715. The smallest absolute Gasteiger partial charge is 0.149 e. The van der Waals surface area contributed by atoms with Crippen LogP contribution in [0.2, 0.25) is 0 Å². The van der Waals surface area contributed by atoms with E-state index in [0.717, 1.165) is 38.3 Å². The number of nitrogens with zero attached hydrogens (tertiary/aromatic N) is 3. The Hall–Kier alpha value is -1.79. The number of benzene rings is 1. The summed E-state index contributed by atoms with van der Waals surface area (Å²) in [6.45, 7) is 7.00. The Kier molecular flexibility index (Phi) is 4.73. The fourth-order valence-electron chi connectivity index (χ4n) is 2.99. The first-order valence-corrected chi connectivity index (χ1v) is 7.95. The fraction of sp³-hybridized carbons (Fsp3) is 0.471. The van der Waals surface area contributed by atoms with Gasteiger partial charge in [0.2, 0.25) is 0 Å². The molecule has 1 aliphatic rings. The predicted molar refractivity (Wildman–Crippen MR) is 88.7 cm³/mol. The second-order valence-corrected chi connectivity index (χ2v) is 6.18. The van der Waals surface area contributed by atoms with Gasteiger partial charge in [-0.1, -0.05) is 0 Å². The van der Waals surface area contributed by atoms with E-state index in [1.54, 1.807) is 6.07 Å². The zero-order chi connectivity index (χ0) is 16.4.